The molecule has 0 aliphatic heterocycles. The Morgan fingerprint density at radius 1 is 1.25 bits per heavy atom. The molecule has 0 aromatic carbocycles. The first-order valence-corrected chi connectivity index (χ1v) is 7.46. The fourth-order valence-corrected chi connectivity index (χ4v) is 1.81. The smallest absolute Gasteiger partial charge is 0.350 e. The van der Waals surface area contributed by atoms with E-state index < -0.39 is 16.1 Å². The second-order valence-corrected chi connectivity index (χ2v) is 5.82. The summed E-state index contributed by atoms with van der Waals surface area (Å²) in [6, 6.07) is 0. The van der Waals surface area contributed by atoms with Crippen LogP contribution in [0.15, 0.2) is 24.3 Å². The van der Waals surface area contributed by atoms with Gasteiger partial charge in [-0.3, -0.25) is 4.79 Å². The van der Waals surface area contributed by atoms with Crippen molar-refractivity contribution in [3.63, 3.8) is 0 Å². The first kappa shape index (κ1) is 19.2. The van der Waals surface area contributed by atoms with Crippen molar-refractivity contribution in [3.05, 3.63) is 24.3 Å². The highest BCUT2D eigenvalue weighted by Crippen LogP contribution is 2.27. The number of esters is 1. The number of hydrogen-bond acceptors (Lipinski definition) is 3. The Morgan fingerprint density at radius 3 is 2.45 bits per heavy atom. The third-order valence-corrected chi connectivity index (χ3v) is 3.46. The van der Waals surface area contributed by atoms with Gasteiger partial charge in [-0.1, -0.05) is 40.9 Å². The highest BCUT2D eigenvalue weighted by molar-refractivity contribution is 6.67. The molecular weight excluding hydrogens is 299 g/mol. The zero-order valence-corrected chi connectivity index (χ0v) is 13.6. The van der Waals surface area contributed by atoms with Gasteiger partial charge in [-0.2, -0.15) is 0 Å². The van der Waals surface area contributed by atoms with Gasteiger partial charge < -0.3 is 4.74 Å². The molecular formula is C15H22Cl2O3. The van der Waals surface area contributed by atoms with Crippen LogP contribution in [0.3, 0.4) is 0 Å². The highest BCUT2D eigenvalue weighted by atomic mass is 35.5. The molecule has 20 heavy (non-hydrogen) atoms. The van der Waals surface area contributed by atoms with Gasteiger partial charge >= 0.3 is 5.97 Å². The SMILES string of the molecule is C=CCCC/C=C(\C)CCC(=O)C(Cl)(Cl)C(=O)OCC. The second kappa shape index (κ2) is 10.0. The van der Waals surface area contributed by atoms with Gasteiger partial charge in [0.1, 0.15) is 0 Å². The van der Waals surface area contributed by atoms with E-state index in [-0.39, 0.29) is 13.0 Å². The molecule has 0 saturated heterocycles. The average Bonchev–Trinajstić information content (AvgIpc) is 2.41. The minimum atomic E-state index is -2.10. The topological polar surface area (TPSA) is 43.4 Å². The van der Waals surface area contributed by atoms with Crippen molar-refractivity contribution in [2.75, 3.05) is 6.61 Å². The third-order valence-electron chi connectivity index (χ3n) is 2.73. The number of ketones is 1. The summed E-state index contributed by atoms with van der Waals surface area (Å²) in [6.45, 7) is 7.36. The Morgan fingerprint density at radius 2 is 1.90 bits per heavy atom. The molecule has 0 aliphatic carbocycles. The highest BCUT2D eigenvalue weighted by Gasteiger charge is 2.42. The third kappa shape index (κ3) is 7.11. The zero-order chi connectivity index (χ0) is 15.6. The summed E-state index contributed by atoms with van der Waals surface area (Å²) in [5.74, 6) is -1.43. The lowest BCUT2D eigenvalue weighted by Crippen LogP contribution is -2.37. The lowest BCUT2D eigenvalue weighted by atomic mass is 10.1. The van der Waals surface area contributed by atoms with Gasteiger partial charge in [0, 0.05) is 6.42 Å². The van der Waals surface area contributed by atoms with Crippen molar-refractivity contribution in [2.24, 2.45) is 0 Å². The van der Waals surface area contributed by atoms with Crippen molar-refractivity contribution in [3.8, 4) is 0 Å². The first-order valence-electron chi connectivity index (χ1n) is 6.71. The minimum absolute atomic E-state index is 0.121. The van der Waals surface area contributed by atoms with Crippen LogP contribution in [0, 0.1) is 0 Å². The number of ether oxygens (including phenoxy) is 1. The molecule has 0 aromatic rings. The van der Waals surface area contributed by atoms with Gasteiger partial charge in [-0.15, -0.1) is 6.58 Å². The van der Waals surface area contributed by atoms with Crippen molar-refractivity contribution in [1.82, 2.24) is 0 Å². The summed E-state index contributed by atoms with van der Waals surface area (Å²) >= 11 is 11.5. The van der Waals surface area contributed by atoms with Crippen LogP contribution in [-0.4, -0.2) is 22.7 Å². The summed E-state index contributed by atoms with van der Waals surface area (Å²) in [7, 11) is 0. The lowest BCUT2D eigenvalue weighted by Gasteiger charge is -2.16. The maximum atomic E-state index is 11.9. The van der Waals surface area contributed by atoms with E-state index in [1.165, 1.54) is 0 Å². The lowest BCUT2D eigenvalue weighted by molar-refractivity contribution is -0.146. The van der Waals surface area contributed by atoms with E-state index in [1.54, 1.807) is 6.92 Å². The number of unbranched alkanes of at least 4 members (excludes halogenated alkanes) is 2. The van der Waals surface area contributed by atoms with Crippen LogP contribution in [0.25, 0.3) is 0 Å². The Labute approximate surface area is 131 Å². The molecule has 0 atom stereocenters. The molecule has 0 bridgehead atoms. The van der Waals surface area contributed by atoms with E-state index in [0.717, 1.165) is 24.8 Å². The van der Waals surface area contributed by atoms with Gasteiger partial charge in [0.15, 0.2) is 5.78 Å². The molecule has 0 N–H and O–H groups in total. The number of hydrogen-bond donors (Lipinski definition) is 0. The predicted octanol–water partition coefficient (Wildman–Crippen LogP) is 4.38. The quantitative estimate of drug-likeness (QED) is 0.197. The molecule has 0 amide bonds. The number of allylic oxidation sites excluding steroid dienone is 3. The van der Waals surface area contributed by atoms with E-state index in [9.17, 15) is 9.59 Å². The van der Waals surface area contributed by atoms with E-state index in [0.29, 0.717) is 6.42 Å². The zero-order valence-electron chi connectivity index (χ0n) is 12.1. The van der Waals surface area contributed by atoms with Crippen LogP contribution in [0.5, 0.6) is 0 Å². The molecule has 0 aromatic heterocycles. The first-order chi connectivity index (χ1) is 9.36. The van der Waals surface area contributed by atoms with Crippen LogP contribution in [0.1, 0.15) is 46.0 Å². The molecule has 0 radical (unpaired) electrons. The summed E-state index contributed by atoms with van der Waals surface area (Å²) < 4.78 is 2.58. The van der Waals surface area contributed by atoms with Crippen LogP contribution in [0.2, 0.25) is 0 Å². The fourth-order valence-electron chi connectivity index (χ4n) is 1.52. The van der Waals surface area contributed by atoms with Crippen LogP contribution < -0.4 is 0 Å². The summed E-state index contributed by atoms with van der Waals surface area (Å²) in [5.41, 5.74) is 1.08. The summed E-state index contributed by atoms with van der Waals surface area (Å²) in [6.07, 6.45) is 7.55. The van der Waals surface area contributed by atoms with Gasteiger partial charge in [-0.05, 0) is 39.5 Å². The fraction of sp³-hybridized carbons (Fsp3) is 0.600. The average molecular weight is 321 g/mol. The summed E-state index contributed by atoms with van der Waals surface area (Å²) in [5, 5.41) is 0. The van der Waals surface area contributed by atoms with Crippen molar-refractivity contribution >= 4 is 35.0 Å². The Balaban J connectivity index is 4.26. The number of carbonyl (C=O) groups excluding carboxylic acids is 2. The molecule has 0 saturated carbocycles. The van der Waals surface area contributed by atoms with E-state index in [4.69, 9.17) is 23.2 Å². The van der Waals surface area contributed by atoms with Gasteiger partial charge in [0.25, 0.3) is 4.33 Å². The summed E-state index contributed by atoms with van der Waals surface area (Å²) in [4.78, 5) is 23.3. The molecule has 0 rings (SSSR count). The molecule has 0 fully saturated rings. The molecule has 0 aliphatic rings. The van der Waals surface area contributed by atoms with E-state index >= 15 is 0 Å². The number of rotatable bonds is 10. The van der Waals surface area contributed by atoms with Crippen LogP contribution in [-0.2, 0) is 14.3 Å². The van der Waals surface area contributed by atoms with Crippen molar-refractivity contribution < 1.29 is 14.3 Å². The number of Topliss-reactive ketones (excluding diaryl/α,β-unsaturated/α-hetero) is 1. The Bertz CT molecular complexity index is 373. The maximum Gasteiger partial charge on any atom is 0.350 e. The number of carbonyl (C=O) groups is 2. The molecule has 5 heteroatoms. The second-order valence-electron chi connectivity index (χ2n) is 4.49. The largest absolute Gasteiger partial charge is 0.463 e. The molecule has 0 unspecified atom stereocenters. The van der Waals surface area contributed by atoms with Gasteiger partial charge in [-0.25, -0.2) is 4.79 Å². The molecule has 114 valence electrons. The van der Waals surface area contributed by atoms with Gasteiger partial charge in [0.05, 0.1) is 6.61 Å². The van der Waals surface area contributed by atoms with E-state index in [1.807, 2.05) is 13.0 Å². The monoisotopic (exact) mass is 320 g/mol. The Hall–Kier alpha value is -0.800. The molecule has 3 nitrogen and oxygen atoms in total. The standard InChI is InChI=1S/C15H22Cl2O3/c1-4-6-7-8-9-12(3)10-11-13(18)15(16,17)14(19)20-5-2/h4,9H,1,5-8,10-11H2,2-3H3/b12-9+. The molecule has 0 spiro atoms. The predicted molar refractivity (Wildman–Crippen MR) is 83.1 cm³/mol. The van der Waals surface area contributed by atoms with Crippen LogP contribution >= 0.6 is 23.2 Å². The maximum absolute atomic E-state index is 11.9. The number of alkyl halides is 2. The minimum Gasteiger partial charge on any atom is -0.463 e. The van der Waals surface area contributed by atoms with E-state index in [2.05, 4.69) is 17.4 Å². The molecule has 0 heterocycles. The normalized spacial score (nSPS) is 12.1. The number of halogens is 2. The van der Waals surface area contributed by atoms with Gasteiger partial charge in [0.2, 0.25) is 0 Å². The van der Waals surface area contributed by atoms with Crippen molar-refractivity contribution in [1.29, 1.82) is 0 Å². The Kier molecular flexibility index (Phi) is 9.60. The van der Waals surface area contributed by atoms with Crippen molar-refractivity contribution in [2.45, 2.75) is 50.3 Å². The van der Waals surface area contributed by atoms with Crippen LogP contribution in [0.4, 0.5) is 0 Å².